The van der Waals surface area contributed by atoms with Gasteiger partial charge in [-0.2, -0.15) is 0 Å². The number of carbonyl (C=O) groups is 1. The minimum atomic E-state index is 0.0752. The van der Waals surface area contributed by atoms with Gasteiger partial charge in [-0.25, -0.2) is 0 Å². The van der Waals surface area contributed by atoms with Crippen molar-refractivity contribution in [1.82, 2.24) is 0 Å². The number of nitrogens with one attached hydrogen (secondary N) is 1. The zero-order chi connectivity index (χ0) is 12.3. The van der Waals surface area contributed by atoms with Gasteiger partial charge in [-0.05, 0) is 42.9 Å². The highest BCUT2D eigenvalue weighted by Crippen LogP contribution is 2.48. The summed E-state index contributed by atoms with van der Waals surface area (Å²) in [4.78, 5) is 14.7. The molecule has 1 amide bonds. The molecule has 3 nitrogen and oxygen atoms in total. The van der Waals surface area contributed by atoms with Crippen molar-refractivity contribution < 1.29 is 4.79 Å². The summed E-state index contributed by atoms with van der Waals surface area (Å²) in [5, 5.41) is 3.07. The van der Waals surface area contributed by atoms with Crippen LogP contribution in [-0.4, -0.2) is 18.5 Å². The zero-order valence-corrected chi connectivity index (χ0v) is 11.6. The molecule has 3 atom stereocenters. The van der Waals surface area contributed by atoms with E-state index in [0.717, 1.165) is 22.6 Å². The van der Waals surface area contributed by atoms with Gasteiger partial charge in [0.25, 0.3) is 0 Å². The van der Waals surface area contributed by atoms with Crippen molar-refractivity contribution in [3.63, 3.8) is 0 Å². The molecule has 1 aliphatic carbocycles. The van der Waals surface area contributed by atoms with Gasteiger partial charge in [-0.15, -0.1) is 0 Å². The smallest absolute Gasteiger partial charge is 0.247 e. The van der Waals surface area contributed by atoms with E-state index in [1.54, 1.807) is 0 Å². The number of anilines is 2. The van der Waals surface area contributed by atoms with Crippen LogP contribution in [0.1, 0.15) is 19.3 Å². The fourth-order valence-electron chi connectivity index (χ4n) is 3.95. The number of halogens is 1. The summed E-state index contributed by atoms with van der Waals surface area (Å²) in [6, 6.07) is 6.25. The Kier molecular flexibility index (Phi) is 2.25. The second-order valence-electron chi connectivity index (χ2n) is 5.60. The van der Waals surface area contributed by atoms with Gasteiger partial charge in [0.2, 0.25) is 5.91 Å². The Labute approximate surface area is 115 Å². The molecule has 3 unspecified atom stereocenters. The molecule has 3 aliphatic rings. The third kappa shape index (κ3) is 1.38. The standard InChI is InChI=1S/C14H15BrN2O/c15-9-4-5-12-11(6-9)16-14(18)13-10-3-1-2-8(10)7-17(12)13/h4-6,8,10,13H,1-3,7H2,(H,16,18). The molecule has 1 N–H and O–H groups in total. The van der Waals surface area contributed by atoms with Gasteiger partial charge >= 0.3 is 0 Å². The highest BCUT2D eigenvalue weighted by molar-refractivity contribution is 9.10. The number of benzene rings is 1. The molecule has 0 radical (unpaired) electrons. The van der Waals surface area contributed by atoms with Gasteiger partial charge in [0, 0.05) is 11.0 Å². The highest BCUT2D eigenvalue weighted by atomic mass is 79.9. The lowest BCUT2D eigenvalue weighted by molar-refractivity contribution is -0.118. The van der Waals surface area contributed by atoms with E-state index in [4.69, 9.17) is 0 Å². The first-order valence-corrected chi connectivity index (χ1v) is 7.40. The highest BCUT2D eigenvalue weighted by Gasteiger charge is 2.49. The third-order valence-corrected chi connectivity index (χ3v) is 5.18. The van der Waals surface area contributed by atoms with Crippen LogP contribution < -0.4 is 10.2 Å². The molecule has 1 aromatic carbocycles. The van der Waals surface area contributed by atoms with Crippen molar-refractivity contribution in [3.05, 3.63) is 22.7 Å². The number of rotatable bonds is 0. The molecule has 1 saturated carbocycles. The maximum Gasteiger partial charge on any atom is 0.247 e. The van der Waals surface area contributed by atoms with Gasteiger partial charge in [0.05, 0.1) is 11.4 Å². The first kappa shape index (κ1) is 10.9. The Balaban J connectivity index is 1.80. The molecule has 2 aliphatic heterocycles. The molecule has 4 rings (SSSR count). The Morgan fingerprint density at radius 2 is 2.22 bits per heavy atom. The number of hydrogen-bond acceptors (Lipinski definition) is 2. The van der Waals surface area contributed by atoms with Crippen molar-refractivity contribution in [3.8, 4) is 0 Å². The predicted octanol–water partition coefficient (Wildman–Crippen LogP) is 3.01. The quantitative estimate of drug-likeness (QED) is 0.799. The molecule has 1 saturated heterocycles. The van der Waals surface area contributed by atoms with E-state index < -0.39 is 0 Å². The Hall–Kier alpha value is -1.03. The van der Waals surface area contributed by atoms with Crippen molar-refractivity contribution in [2.24, 2.45) is 11.8 Å². The van der Waals surface area contributed by atoms with E-state index in [1.807, 2.05) is 6.07 Å². The van der Waals surface area contributed by atoms with E-state index in [9.17, 15) is 4.79 Å². The van der Waals surface area contributed by atoms with Crippen LogP contribution in [0.2, 0.25) is 0 Å². The number of carbonyl (C=O) groups excluding carboxylic acids is 1. The molecule has 94 valence electrons. The van der Waals surface area contributed by atoms with Crippen molar-refractivity contribution in [2.75, 3.05) is 16.8 Å². The summed E-state index contributed by atoms with van der Waals surface area (Å²) in [7, 11) is 0. The summed E-state index contributed by atoms with van der Waals surface area (Å²) in [5.74, 6) is 1.48. The second kappa shape index (κ2) is 3.73. The summed E-state index contributed by atoms with van der Waals surface area (Å²) < 4.78 is 1.01. The van der Waals surface area contributed by atoms with Gasteiger partial charge in [0.1, 0.15) is 6.04 Å². The lowest BCUT2D eigenvalue weighted by Crippen LogP contribution is -2.46. The first-order chi connectivity index (χ1) is 8.74. The summed E-state index contributed by atoms with van der Waals surface area (Å²) in [6.45, 7) is 1.05. The molecular weight excluding hydrogens is 292 g/mol. The van der Waals surface area contributed by atoms with Crippen LogP contribution in [0.3, 0.4) is 0 Å². The van der Waals surface area contributed by atoms with Crippen LogP contribution in [-0.2, 0) is 4.79 Å². The summed E-state index contributed by atoms with van der Waals surface area (Å²) >= 11 is 3.46. The Morgan fingerprint density at radius 3 is 3.11 bits per heavy atom. The molecule has 4 heteroatoms. The summed E-state index contributed by atoms with van der Waals surface area (Å²) in [6.07, 6.45) is 3.79. The van der Waals surface area contributed by atoms with Crippen molar-refractivity contribution in [1.29, 1.82) is 0 Å². The molecule has 18 heavy (non-hydrogen) atoms. The average molecular weight is 307 g/mol. The number of amides is 1. The van der Waals surface area contributed by atoms with Crippen LogP contribution in [0.25, 0.3) is 0 Å². The Morgan fingerprint density at radius 1 is 1.33 bits per heavy atom. The van der Waals surface area contributed by atoms with Crippen LogP contribution in [0.15, 0.2) is 22.7 Å². The van der Waals surface area contributed by atoms with Crippen molar-refractivity contribution in [2.45, 2.75) is 25.3 Å². The first-order valence-electron chi connectivity index (χ1n) is 6.61. The van der Waals surface area contributed by atoms with E-state index in [2.05, 4.69) is 38.3 Å². The minimum absolute atomic E-state index is 0.0752. The predicted molar refractivity (Wildman–Crippen MR) is 74.7 cm³/mol. The number of fused-ring (bicyclic) bond motifs is 5. The largest absolute Gasteiger partial charge is 0.357 e. The molecule has 0 spiro atoms. The van der Waals surface area contributed by atoms with Gasteiger partial charge in [0.15, 0.2) is 0 Å². The zero-order valence-electron chi connectivity index (χ0n) is 10.0. The number of nitrogens with zero attached hydrogens (tertiary/aromatic N) is 1. The second-order valence-corrected chi connectivity index (χ2v) is 6.52. The van der Waals surface area contributed by atoms with Gasteiger partial charge < -0.3 is 10.2 Å². The molecule has 0 bridgehead atoms. The fourth-order valence-corrected chi connectivity index (χ4v) is 4.32. The molecule has 2 heterocycles. The maximum atomic E-state index is 12.3. The van der Waals surface area contributed by atoms with E-state index in [1.165, 1.54) is 24.9 Å². The van der Waals surface area contributed by atoms with Crippen LogP contribution >= 0.6 is 15.9 Å². The topological polar surface area (TPSA) is 32.3 Å². The molecule has 1 aromatic rings. The minimum Gasteiger partial charge on any atom is -0.357 e. The van der Waals surface area contributed by atoms with Gasteiger partial charge in [-0.1, -0.05) is 22.4 Å². The average Bonchev–Trinajstić information content (AvgIpc) is 2.87. The molecular formula is C14H15BrN2O. The maximum absolute atomic E-state index is 12.3. The number of hydrogen-bond donors (Lipinski definition) is 1. The molecule has 2 fully saturated rings. The van der Waals surface area contributed by atoms with Crippen LogP contribution in [0.4, 0.5) is 11.4 Å². The lowest BCUT2D eigenvalue weighted by Gasteiger charge is -2.35. The Bertz CT molecular complexity index is 531. The lowest BCUT2D eigenvalue weighted by atomic mass is 9.92. The molecule has 0 aromatic heterocycles. The van der Waals surface area contributed by atoms with Gasteiger partial charge in [-0.3, -0.25) is 4.79 Å². The fraction of sp³-hybridized carbons (Fsp3) is 0.500. The van der Waals surface area contributed by atoms with E-state index in [0.29, 0.717) is 5.92 Å². The summed E-state index contributed by atoms with van der Waals surface area (Å²) in [5.41, 5.74) is 2.14. The third-order valence-electron chi connectivity index (χ3n) is 4.68. The van der Waals surface area contributed by atoms with Crippen LogP contribution in [0.5, 0.6) is 0 Å². The van der Waals surface area contributed by atoms with E-state index in [-0.39, 0.29) is 11.9 Å². The monoisotopic (exact) mass is 306 g/mol. The van der Waals surface area contributed by atoms with Crippen molar-refractivity contribution >= 4 is 33.2 Å². The van der Waals surface area contributed by atoms with Crippen LogP contribution in [0, 0.1) is 11.8 Å². The SMILES string of the molecule is O=C1Nc2cc(Br)ccc2N2CC3CCCC3C12. The van der Waals surface area contributed by atoms with E-state index >= 15 is 0 Å². The normalized spacial score (nSPS) is 32.8.